The van der Waals surface area contributed by atoms with E-state index >= 15 is 0 Å². The molecule has 1 aromatic carbocycles. The normalized spacial score (nSPS) is 16.5. The molecule has 1 aromatic rings. The van der Waals surface area contributed by atoms with Crippen molar-refractivity contribution in [2.45, 2.75) is 11.8 Å². The molecule has 0 unspecified atom stereocenters. The van der Waals surface area contributed by atoms with Crippen molar-refractivity contribution in [1.82, 2.24) is 0 Å². The molecule has 0 aromatic heterocycles. The number of fused-ring (bicyclic) bond motifs is 1. The number of methoxy groups -OCH3 is 1. The number of ether oxygens (including phenoxy) is 1. The van der Waals surface area contributed by atoms with Crippen LogP contribution in [0.3, 0.4) is 0 Å². The molecule has 7 heteroatoms. The molecule has 0 aliphatic carbocycles. The highest BCUT2D eigenvalue weighted by atomic mass is 32.2. The van der Waals surface area contributed by atoms with Gasteiger partial charge in [0.15, 0.2) is 0 Å². The highest BCUT2D eigenvalue weighted by molar-refractivity contribution is 7.90. The highest BCUT2D eigenvalue weighted by Gasteiger charge is 2.24. The third kappa shape index (κ3) is 2.01. The number of benzene rings is 1. The molecule has 0 fully saturated rings. The van der Waals surface area contributed by atoms with E-state index < -0.39 is 16.0 Å². The fraction of sp³-hybridized carbons (Fsp3) is 0.200. The van der Waals surface area contributed by atoms with Crippen LogP contribution >= 0.6 is 0 Å². The monoisotopic (exact) mass is 254 g/mol. The molecular weight excluding hydrogens is 244 g/mol. The SMILES string of the molecule is COC(=O)c1ccc2c(c1)S(=O)(=O)N=C(C)N2. The van der Waals surface area contributed by atoms with Gasteiger partial charge in [-0.3, -0.25) is 0 Å². The van der Waals surface area contributed by atoms with Gasteiger partial charge in [-0.05, 0) is 25.1 Å². The molecule has 0 bridgehead atoms. The summed E-state index contributed by atoms with van der Waals surface area (Å²) in [6.45, 7) is 1.55. The Morgan fingerprint density at radius 3 is 2.76 bits per heavy atom. The van der Waals surface area contributed by atoms with Crippen molar-refractivity contribution in [2.24, 2.45) is 4.40 Å². The van der Waals surface area contributed by atoms with Gasteiger partial charge in [-0.15, -0.1) is 4.40 Å². The van der Waals surface area contributed by atoms with Crippen molar-refractivity contribution >= 4 is 27.5 Å². The van der Waals surface area contributed by atoms with Crippen LogP contribution in [0, 0.1) is 0 Å². The second kappa shape index (κ2) is 3.85. The zero-order valence-electron chi connectivity index (χ0n) is 9.22. The maximum Gasteiger partial charge on any atom is 0.337 e. The number of carbonyl (C=O) groups excluding carboxylic acids is 1. The third-order valence-corrected chi connectivity index (χ3v) is 3.66. The van der Waals surface area contributed by atoms with E-state index in [1.165, 1.54) is 25.3 Å². The van der Waals surface area contributed by atoms with Gasteiger partial charge >= 0.3 is 5.97 Å². The Morgan fingerprint density at radius 2 is 2.12 bits per heavy atom. The molecule has 17 heavy (non-hydrogen) atoms. The van der Waals surface area contributed by atoms with Crippen molar-refractivity contribution in [1.29, 1.82) is 0 Å². The lowest BCUT2D eigenvalue weighted by atomic mass is 10.2. The van der Waals surface area contributed by atoms with Gasteiger partial charge in [0, 0.05) is 0 Å². The van der Waals surface area contributed by atoms with Gasteiger partial charge in [0.25, 0.3) is 10.0 Å². The van der Waals surface area contributed by atoms with Crippen molar-refractivity contribution in [2.75, 3.05) is 12.4 Å². The molecule has 1 heterocycles. The summed E-state index contributed by atoms with van der Waals surface area (Å²) in [6.07, 6.45) is 0. The Kier molecular flexibility index (Phi) is 2.62. The second-order valence-electron chi connectivity index (χ2n) is 3.48. The molecular formula is C10H10N2O4S. The van der Waals surface area contributed by atoms with E-state index in [1.807, 2.05) is 0 Å². The standard InChI is InChI=1S/C10H10N2O4S/c1-6-11-8-4-3-7(10(13)16-2)5-9(8)17(14,15)12-6/h3-5H,1-2H3,(H,11,12). The Hall–Kier alpha value is -1.89. The zero-order valence-corrected chi connectivity index (χ0v) is 10.0. The number of nitrogens with zero attached hydrogens (tertiary/aromatic N) is 1. The molecule has 0 atom stereocenters. The molecule has 0 radical (unpaired) electrons. The smallest absolute Gasteiger partial charge is 0.337 e. The van der Waals surface area contributed by atoms with Crippen LogP contribution < -0.4 is 5.32 Å². The van der Waals surface area contributed by atoms with Crippen molar-refractivity contribution in [3.8, 4) is 0 Å². The lowest BCUT2D eigenvalue weighted by Crippen LogP contribution is -2.19. The first-order valence-electron chi connectivity index (χ1n) is 4.75. The van der Waals surface area contributed by atoms with Crippen LogP contribution in [0.4, 0.5) is 5.69 Å². The van der Waals surface area contributed by atoms with Gasteiger partial charge in [0.2, 0.25) is 0 Å². The van der Waals surface area contributed by atoms with E-state index in [9.17, 15) is 13.2 Å². The number of amidine groups is 1. The van der Waals surface area contributed by atoms with Gasteiger partial charge in [0.05, 0.1) is 18.4 Å². The van der Waals surface area contributed by atoms with Gasteiger partial charge in [-0.1, -0.05) is 0 Å². The first-order valence-corrected chi connectivity index (χ1v) is 6.19. The van der Waals surface area contributed by atoms with Gasteiger partial charge in [-0.25, -0.2) is 4.79 Å². The average molecular weight is 254 g/mol. The van der Waals surface area contributed by atoms with E-state index in [0.29, 0.717) is 11.5 Å². The Labute approximate surface area is 98.4 Å². The first-order chi connectivity index (χ1) is 7.94. The highest BCUT2D eigenvalue weighted by Crippen LogP contribution is 2.28. The van der Waals surface area contributed by atoms with E-state index in [0.717, 1.165) is 0 Å². The Balaban J connectivity index is 2.60. The second-order valence-corrected chi connectivity index (χ2v) is 5.05. The summed E-state index contributed by atoms with van der Waals surface area (Å²) >= 11 is 0. The largest absolute Gasteiger partial charge is 0.465 e. The minimum Gasteiger partial charge on any atom is -0.465 e. The minimum atomic E-state index is -3.74. The summed E-state index contributed by atoms with van der Waals surface area (Å²) < 4.78 is 31.6. The molecule has 0 saturated carbocycles. The third-order valence-electron chi connectivity index (χ3n) is 2.25. The first kappa shape index (κ1) is 11.6. The van der Waals surface area contributed by atoms with Crippen LogP contribution in [-0.2, 0) is 14.8 Å². The van der Waals surface area contributed by atoms with Crippen LogP contribution in [0.25, 0.3) is 0 Å². The molecule has 0 spiro atoms. The number of sulfonamides is 1. The van der Waals surface area contributed by atoms with Gasteiger partial charge in [0.1, 0.15) is 10.7 Å². The number of hydrogen-bond donors (Lipinski definition) is 1. The van der Waals surface area contributed by atoms with Crippen molar-refractivity contribution < 1.29 is 17.9 Å². The molecule has 90 valence electrons. The maximum absolute atomic E-state index is 11.8. The number of esters is 1. The number of nitrogens with one attached hydrogen (secondary N) is 1. The van der Waals surface area contributed by atoms with Crippen LogP contribution in [0.15, 0.2) is 27.5 Å². The predicted molar refractivity (Wildman–Crippen MR) is 61.7 cm³/mol. The predicted octanol–water partition coefficient (Wildman–Crippen LogP) is 1.01. The molecule has 0 saturated heterocycles. The molecule has 6 nitrogen and oxygen atoms in total. The Bertz CT molecular complexity index is 619. The van der Waals surface area contributed by atoms with Crippen LogP contribution in [0.2, 0.25) is 0 Å². The van der Waals surface area contributed by atoms with E-state index in [4.69, 9.17) is 0 Å². The van der Waals surface area contributed by atoms with Crippen LogP contribution in [-0.4, -0.2) is 27.3 Å². The topological polar surface area (TPSA) is 84.8 Å². The molecule has 1 aliphatic heterocycles. The molecule has 2 rings (SSSR count). The van der Waals surface area contributed by atoms with Gasteiger partial charge in [-0.2, -0.15) is 8.42 Å². The van der Waals surface area contributed by atoms with E-state index in [1.54, 1.807) is 6.92 Å². The fourth-order valence-corrected chi connectivity index (χ4v) is 2.71. The molecule has 1 aliphatic rings. The number of rotatable bonds is 1. The average Bonchev–Trinajstić information content (AvgIpc) is 2.26. The van der Waals surface area contributed by atoms with E-state index in [-0.39, 0.29) is 10.5 Å². The molecule has 0 amide bonds. The van der Waals surface area contributed by atoms with Crippen LogP contribution in [0.5, 0.6) is 0 Å². The lowest BCUT2D eigenvalue weighted by molar-refractivity contribution is 0.0600. The minimum absolute atomic E-state index is 0.0222. The number of hydrogen-bond acceptors (Lipinski definition) is 5. The summed E-state index contributed by atoms with van der Waals surface area (Å²) in [7, 11) is -2.50. The van der Waals surface area contributed by atoms with Crippen molar-refractivity contribution in [3.63, 3.8) is 0 Å². The lowest BCUT2D eigenvalue weighted by Gasteiger charge is -2.16. The number of anilines is 1. The van der Waals surface area contributed by atoms with E-state index in [2.05, 4.69) is 14.5 Å². The molecule has 1 N–H and O–H groups in total. The fourth-order valence-electron chi connectivity index (χ4n) is 1.53. The quantitative estimate of drug-likeness (QED) is 0.756. The van der Waals surface area contributed by atoms with Gasteiger partial charge < -0.3 is 10.1 Å². The Morgan fingerprint density at radius 1 is 1.41 bits per heavy atom. The zero-order chi connectivity index (χ0) is 12.6. The summed E-state index contributed by atoms with van der Waals surface area (Å²) in [5.41, 5.74) is 0.580. The van der Waals surface area contributed by atoms with Crippen LogP contribution in [0.1, 0.15) is 17.3 Å². The summed E-state index contributed by atoms with van der Waals surface area (Å²) in [5.74, 6) is -0.294. The summed E-state index contributed by atoms with van der Waals surface area (Å²) in [6, 6.07) is 4.25. The number of carbonyl (C=O) groups is 1. The summed E-state index contributed by atoms with van der Waals surface area (Å²) in [5, 5.41) is 2.82. The summed E-state index contributed by atoms with van der Waals surface area (Å²) in [4.78, 5) is 11.3. The van der Waals surface area contributed by atoms with Crippen molar-refractivity contribution in [3.05, 3.63) is 23.8 Å². The maximum atomic E-state index is 11.8.